The van der Waals surface area contributed by atoms with Gasteiger partial charge >= 0.3 is 0 Å². The molecule has 4 rings (SSSR count). The topological polar surface area (TPSA) is 30.5 Å². The summed E-state index contributed by atoms with van der Waals surface area (Å²) in [5.41, 5.74) is 4.36. The first-order valence-electron chi connectivity index (χ1n) is 7.82. The van der Waals surface area contributed by atoms with Gasteiger partial charge in [-0.3, -0.25) is 0 Å². The lowest BCUT2D eigenvalue weighted by Crippen LogP contribution is -2.38. The Balaban J connectivity index is 1.87. The van der Waals surface area contributed by atoms with Crippen LogP contribution in [0.15, 0.2) is 42.5 Å². The van der Waals surface area contributed by atoms with Crippen molar-refractivity contribution in [3.8, 4) is 11.5 Å². The van der Waals surface area contributed by atoms with E-state index in [1.165, 1.54) is 29.5 Å². The molecule has 0 bridgehead atoms. The smallest absolute Gasteiger partial charge is 0.161 e. The Morgan fingerprint density at radius 3 is 2.32 bits per heavy atom. The number of benzene rings is 2. The van der Waals surface area contributed by atoms with Crippen molar-refractivity contribution in [3.63, 3.8) is 0 Å². The highest BCUT2D eigenvalue weighted by atomic mass is 16.5. The van der Waals surface area contributed by atoms with Crippen LogP contribution < -0.4 is 14.8 Å². The number of nitrogens with one attached hydrogen (secondary N) is 1. The minimum Gasteiger partial charge on any atom is -0.493 e. The third kappa shape index (κ3) is 2.00. The zero-order valence-electron chi connectivity index (χ0n) is 13.1. The van der Waals surface area contributed by atoms with Gasteiger partial charge in [-0.25, -0.2) is 0 Å². The van der Waals surface area contributed by atoms with Crippen LogP contribution in [0, 0.1) is 0 Å². The summed E-state index contributed by atoms with van der Waals surface area (Å²) in [7, 11) is 3.41. The molecule has 3 nitrogen and oxygen atoms in total. The Kier molecular flexibility index (Phi) is 3.12. The summed E-state index contributed by atoms with van der Waals surface area (Å²) in [5.74, 6) is 1.64. The number of hydrogen-bond donors (Lipinski definition) is 1. The van der Waals surface area contributed by atoms with Gasteiger partial charge < -0.3 is 14.8 Å². The lowest BCUT2D eigenvalue weighted by molar-refractivity contribution is 0.351. The van der Waals surface area contributed by atoms with E-state index in [9.17, 15) is 0 Å². The Morgan fingerprint density at radius 1 is 1.00 bits per heavy atom. The van der Waals surface area contributed by atoms with E-state index in [1.54, 1.807) is 14.2 Å². The third-order valence-electron chi connectivity index (χ3n) is 5.07. The molecule has 0 aromatic heterocycles. The second kappa shape index (κ2) is 5.03. The number of hydrogen-bond acceptors (Lipinski definition) is 3. The van der Waals surface area contributed by atoms with Crippen molar-refractivity contribution in [1.82, 2.24) is 5.32 Å². The molecule has 1 heterocycles. The van der Waals surface area contributed by atoms with Crippen LogP contribution in [0.4, 0.5) is 0 Å². The van der Waals surface area contributed by atoms with E-state index in [4.69, 9.17) is 9.47 Å². The maximum absolute atomic E-state index is 5.52. The van der Waals surface area contributed by atoms with Gasteiger partial charge in [0.15, 0.2) is 11.5 Å². The molecule has 0 amide bonds. The maximum Gasteiger partial charge on any atom is 0.161 e. The van der Waals surface area contributed by atoms with Crippen LogP contribution in [0.3, 0.4) is 0 Å². The van der Waals surface area contributed by atoms with E-state index in [-0.39, 0.29) is 6.04 Å². The van der Waals surface area contributed by atoms with Crippen molar-refractivity contribution in [2.45, 2.75) is 24.3 Å². The van der Waals surface area contributed by atoms with Crippen LogP contribution in [-0.4, -0.2) is 20.8 Å². The predicted molar refractivity (Wildman–Crippen MR) is 86.7 cm³/mol. The van der Waals surface area contributed by atoms with E-state index < -0.39 is 0 Å². The summed E-state index contributed by atoms with van der Waals surface area (Å²) < 4.78 is 11.0. The second-order valence-electron chi connectivity index (χ2n) is 6.30. The van der Waals surface area contributed by atoms with Crippen LogP contribution >= 0.6 is 0 Å². The Morgan fingerprint density at radius 2 is 1.68 bits per heavy atom. The van der Waals surface area contributed by atoms with Gasteiger partial charge in [-0.05, 0) is 41.7 Å². The molecule has 1 N–H and O–H groups in total. The molecule has 2 aromatic rings. The largest absolute Gasteiger partial charge is 0.493 e. The van der Waals surface area contributed by atoms with Gasteiger partial charge in [-0.1, -0.05) is 30.3 Å². The molecule has 22 heavy (non-hydrogen) atoms. The van der Waals surface area contributed by atoms with Crippen LogP contribution in [0.25, 0.3) is 0 Å². The van der Waals surface area contributed by atoms with Crippen molar-refractivity contribution in [3.05, 3.63) is 59.2 Å². The molecule has 3 heteroatoms. The van der Waals surface area contributed by atoms with E-state index in [2.05, 4.69) is 47.8 Å². The average molecular weight is 295 g/mol. The Labute approximate surface area is 131 Å². The molecular formula is C19H21NO2. The van der Waals surface area contributed by atoms with Gasteiger partial charge in [0, 0.05) is 12.0 Å². The molecular weight excluding hydrogens is 274 g/mol. The van der Waals surface area contributed by atoms with E-state index in [1.807, 2.05) is 0 Å². The quantitative estimate of drug-likeness (QED) is 0.941. The molecule has 1 aliphatic carbocycles. The molecule has 1 atom stereocenters. The van der Waals surface area contributed by atoms with Crippen LogP contribution in [-0.2, 0) is 5.41 Å². The Hall–Kier alpha value is -2.00. The summed E-state index contributed by atoms with van der Waals surface area (Å²) in [6.07, 6.45) is 2.51. The molecule has 114 valence electrons. The molecule has 1 unspecified atom stereocenters. The molecule has 1 fully saturated rings. The average Bonchev–Trinajstić information content (AvgIpc) is 3.35. The number of rotatable bonds is 3. The minimum atomic E-state index is 0.224. The Bertz CT molecular complexity index is 692. The number of fused-ring (bicyclic) bond motifs is 2. The van der Waals surface area contributed by atoms with Gasteiger partial charge in [0.25, 0.3) is 0 Å². The fourth-order valence-electron chi connectivity index (χ4n) is 3.64. The SMILES string of the molecule is COc1cc2c(cc1OC)C1(CC1)CNC2c1ccccc1. The summed E-state index contributed by atoms with van der Waals surface area (Å²) in [6.45, 7) is 1.04. The van der Waals surface area contributed by atoms with E-state index in [0.717, 1.165) is 18.0 Å². The van der Waals surface area contributed by atoms with Crippen molar-refractivity contribution in [2.75, 3.05) is 20.8 Å². The predicted octanol–water partition coefficient (Wildman–Crippen LogP) is 3.43. The first-order valence-corrected chi connectivity index (χ1v) is 7.82. The van der Waals surface area contributed by atoms with Crippen LogP contribution in [0.2, 0.25) is 0 Å². The van der Waals surface area contributed by atoms with Gasteiger partial charge in [-0.2, -0.15) is 0 Å². The zero-order chi connectivity index (χ0) is 15.2. The lowest BCUT2D eigenvalue weighted by atomic mass is 9.81. The molecule has 1 saturated carbocycles. The highest BCUT2D eigenvalue weighted by molar-refractivity contribution is 5.56. The molecule has 2 aromatic carbocycles. The first-order chi connectivity index (χ1) is 10.8. The molecule has 1 spiro atoms. The lowest BCUT2D eigenvalue weighted by Gasteiger charge is -2.34. The summed E-state index contributed by atoms with van der Waals surface area (Å²) in [6, 6.07) is 15.2. The molecule has 1 aliphatic heterocycles. The van der Waals surface area contributed by atoms with Gasteiger partial charge in [0.1, 0.15) is 0 Å². The van der Waals surface area contributed by atoms with Gasteiger partial charge in [0.05, 0.1) is 20.3 Å². The molecule has 0 saturated heterocycles. The summed E-state index contributed by atoms with van der Waals surface area (Å²) in [5, 5.41) is 3.74. The minimum absolute atomic E-state index is 0.224. The summed E-state index contributed by atoms with van der Waals surface area (Å²) >= 11 is 0. The fraction of sp³-hybridized carbons (Fsp3) is 0.368. The normalized spacial score (nSPS) is 21.3. The first kappa shape index (κ1) is 13.6. The standard InChI is InChI=1S/C19H21NO2/c1-21-16-10-14-15(11-17(16)22-2)19(8-9-19)12-20-18(14)13-6-4-3-5-7-13/h3-7,10-11,18,20H,8-9,12H2,1-2H3. The third-order valence-corrected chi connectivity index (χ3v) is 5.07. The van der Waals surface area contributed by atoms with Gasteiger partial charge in [-0.15, -0.1) is 0 Å². The second-order valence-corrected chi connectivity index (χ2v) is 6.30. The van der Waals surface area contributed by atoms with E-state index >= 15 is 0 Å². The molecule has 2 aliphatic rings. The van der Waals surface area contributed by atoms with Crippen molar-refractivity contribution in [1.29, 1.82) is 0 Å². The van der Waals surface area contributed by atoms with Gasteiger partial charge in [0.2, 0.25) is 0 Å². The van der Waals surface area contributed by atoms with Crippen molar-refractivity contribution < 1.29 is 9.47 Å². The monoisotopic (exact) mass is 295 g/mol. The maximum atomic E-state index is 5.52. The number of methoxy groups -OCH3 is 2. The van der Waals surface area contributed by atoms with Crippen LogP contribution in [0.5, 0.6) is 11.5 Å². The van der Waals surface area contributed by atoms with E-state index in [0.29, 0.717) is 5.41 Å². The summed E-state index contributed by atoms with van der Waals surface area (Å²) in [4.78, 5) is 0. The highest BCUT2D eigenvalue weighted by Crippen LogP contribution is 2.54. The highest BCUT2D eigenvalue weighted by Gasteiger charge is 2.49. The number of ether oxygens (including phenoxy) is 2. The zero-order valence-corrected chi connectivity index (χ0v) is 13.1. The molecule has 0 radical (unpaired) electrons. The van der Waals surface area contributed by atoms with Crippen molar-refractivity contribution in [2.24, 2.45) is 0 Å². The van der Waals surface area contributed by atoms with Crippen LogP contribution in [0.1, 0.15) is 35.6 Å². The fourth-order valence-corrected chi connectivity index (χ4v) is 3.64. The van der Waals surface area contributed by atoms with Crippen molar-refractivity contribution >= 4 is 0 Å².